The Morgan fingerprint density at radius 1 is 0.880 bits per heavy atom. The lowest BCUT2D eigenvalue weighted by molar-refractivity contribution is -0.128. The summed E-state index contributed by atoms with van der Waals surface area (Å²) in [6.45, 7) is 4.80. The highest BCUT2D eigenvalue weighted by atomic mass is 16.5. The van der Waals surface area contributed by atoms with Crippen molar-refractivity contribution in [1.29, 1.82) is 0 Å². The Hall–Kier alpha value is -4.96. The predicted octanol–water partition coefficient (Wildman–Crippen LogP) is 6.63. The lowest BCUT2D eigenvalue weighted by atomic mass is 9.77. The number of rotatable bonds is 14. The number of aromatic nitrogens is 2. The molecule has 3 aromatic carbocycles. The maximum atomic E-state index is 13.7. The van der Waals surface area contributed by atoms with Gasteiger partial charge in [-0.3, -0.25) is 4.79 Å². The number of hydrogen-bond donors (Lipinski definition) is 1. The van der Waals surface area contributed by atoms with Gasteiger partial charge in [0.15, 0.2) is 11.5 Å². The molecule has 1 atom stereocenters. The predicted molar refractivity (Wildman–Crippen MR) is 194 cm³/mol. The molecule has 7 rings (SSSR count). The van der Waals surface area contributed by atoms with Crippen LogP contribution in [0.4, 0.5) is 5.95 Å². The van der Waals surface area contributed by atoms with Crippen LogP contribution in [0.3, 0.4) is 0 Å². The third-order valence-electron chi connectivity index (χ3n) is 10.4. The van der Waals surface area contributed by atoms with Crippen LogP contribution in [0.25, 0.3) is 11.0 Å². The molecule has 1 amide bonds. The quantitative estimate of drug-likeness (QED) is 0.140. The molecule has 4 heterocycles. The fraction of sp³-hybridized carbons (Fsp3) is 0.400. The third kappa shape index (κ3) is 7.31. The second kappa shape index (κ2) is 14.9. The number of benzene rings is 3. The molecule has 1 N–H and O–H groups in total. The van der Waals surface area contributed by atoms with Crippen LogP contribution >= 0.6 is 0 Å². The molecule has 5 aromatic rings. The number of methoxy groups -OCH3 is 3. The molecule has 0 bridgehead atoms. The molecule has 0 radical (unpaired) electrons. The summed E-state index contributed by atoms with van der Waals surface area (Å²) in [4.78, 5) is 23.2. The molecular formula is C40H47N5O5. The zero-order valence-corrected chi connectivity index (χ0v) is 29.3. The fourth-order valence-corrected chi connectivity index (χ4v) is 7.76. The Morgan fingerprint density at radius 3 is 2.32 bits per heavy atom. The van der Waals surface area contributed by atoms with Crippen LogP contribution in [0.1, 0.15) is 42.6 Å². The highest BCUT2D eigenvalue weighted by Crippen LogP contribution is 2.42. The molecule has 2 fully saturated rings. The SMILES string of the molecule is COc1cc(CN2CC(CCN3CCC(Nc4nc5ccccc5n4Cc4ccco4)CC3)(Cc3ccccc3)CC2=O)cc(OC)c1OC. The van der Waals surface area contributed by atoms with Crippen molar-refractivity contribution in [2.24, 2.45) is 5.41 Å². The van der Waals surface area contributed by atoms with Crippen LogP contribution in [0.5, 0.6) is 17.2 Å². The highest BCUT2D eigenvalue weighted by molar-refractivity contribution is 5.80. The van der Waals surface area contributed by atoms with Crippen molar-refractivity contribution in [2.75, 3.05) is 52.8 Å². The standard InChI is InChI=1S/C40H47N5O5/c1-47-35-22-30(23-36(48-2)38(35)49-3)26-44-28-40(25-37(44)46,24-29-10-5-4-6-11-29)17-20-43-18-15-31(16-19-43)41-39-42-33-13-7-8-14-34(33)45(39)27-32-12-9-21-50-32/h4-14,21-23,31H,15-20,24-28H2,1-3H3,(H,41,42). The van der Waals surface area contributed by atoms with E-state index < -0.39 is 0 Å². The average molecular weight is 678 g/mol. The number of nitrogens with zero attached hydrogens (tertiary/aromatic N) is 4. The summed E-state index contributed by atoms with van der Waals surface area (Å²) in [7, 11) is 4.83. The maximum absolute atomic E-state index is 13.7. The number of imidazole rings is 1. The van der Waals surface area contributed by atoms with Gasteiger partial charge in [-0.2, -0.15) is 0 Å². The summed E-state index contributed by atoms with van der Waals surface area (Å²) in [5, 5.41) is 3.77. The summed E-state index contributed by atoms with van der Waals surface area (Å²) < 4.78 is 24.6. The number of nitrogens with one attached hydrogen (secondary N) is 1. The number of fused-ring (bicyclic) bond motifs is 1. The minimum atomic E-state index is -0.148. The van der Waals surface area contributed by atoms with Crippen molar-refractivity contribution in [2.45, 2.75) is 51.2 Å². The van der Waals surface area contributed by atoms with Gasteiger partial charge in [-0.15, -0.1) is 0 Å². The summed E-state index contributed by atoms with van der Waals surface area (Å²) in [6, 6.07) is 27.0. The molecule has 2 aliphatic heterocycles. The number of amides is 1. The van der Waals surface area contributed by atoms with Gasteiger partial charge >= 0.3 is 0 Å². The molecule has 2 aromatic heterocycles. The van der Waals surface area contributed by atoms with Gasteiger partial charge in [-0.05, 0) is 79.8 Å². The van der Waals surface area contributed by atoms with Gasteiger partial charge in [-0.25, -0.2) is 4.98 Å². The number of anilines is 1. The van der Waals surface area contributed by atoms with E-state index in [2.05, 4.69) is 63.3 Å². The molecule has 10 heteroatoms. The number of hydrogen-bond acceptors (Lipinski definition) is 8. The van der Waals surface area contributed by atoms with Crippen LogP contribution in [-0.2, 0) is 24.3 Å². The monoisotopic (exact) mass is 677 g/mol. The van der Waals surface area contributed by atoms with Crippen LogP contribution in [0.15, 0.2) is 89.5 Å². The Kier molecular flexibility index (Phi) is 9.98. The number of para-hydroxylation sites is 2. The minimum absolute atomic E-state index is 0.148. The molecule has 2 saturated heterocycles. The van der Waals surface area contributed by atoms with Crippen LogP contribution in [0, 0.1) is 5.41 Å². The highest BCUT2D eigenvalue weighted by Gasteiger charge is 2.43. The first-order valence-electron chi connectivity index (χ1n) is 17.5. The van der Waals surface area contributed by atoms with Crippen molar-refractivity contribution in [3.05, 3.63) is 102 Å². The van der Waals surface area contributed by atoms with Crippen molar-refractivity contribution in [3.63, 3.8) is 0 Å². The summed E-state index contributed by atoms with van der Waals surface area (Å²) in [5.41, 5.74) is 4.15. The number of likely N-dealkylation sites (tertiary alicyclic amines) is 2. The van der Waals surface area contributed by atoms with Gasteiger partial charge in [0.25, 0.3) is 0 Å². The van der Waals surface area contributed by atoms with Gasteiger partial charge in [0.1, 0.15) is 5.76 Å². The molecule has 2 aliphatic rings. The minimum Gasteiger partial charge on any atom is -0.493 e. The zero-order chi connectivity index (χ0) is 34.5. The molecule has 1 unspecified atom stereocenters. The molecule has 10 nitrogen and oxygen atoms in total. The Morgan fingerprint density at radius 2 is 1.62 bits per heavy atom. The largest absolute Gasteiger partial charge is 0.493 e. The molecule has 0 aliphatic carbocycles. The van der Waals surface area contributed by atoms with Gasteiger partial charge in [-0.1, -0.05) is 42.5 Å². The van der Waals surface area contributed by atoms with Crippen LogP contribution in [0.2, 0.25) is 0 Å². The molecule has 50 heavy (non-hydrogen) atoms. The first-order valence-corrected chi connectivity index (χ1v) is 17.5. The summed E-state index contributed by atoms with van der Waals surface area (Å²) in [5.74, 6) is 3.72. The second-order valence-electron chi connectivity index (χ2n) is 13.7. The normalized spacial score (nSPS) is 18.5. The third-order valence-corrected chi connectivity index (χ3v) is 10.4. The van der Waals surface area contributed by atoms with Crippen molar-refractivity contribution < 1.29 is 23.4 Å². The van der Waals surface area contributed by atoms with E-state index in [0.717, 1.165) is 73.6 Å². The van der Waals surface area contributed by atoms with Crippen molar-refractivity contribution in [1.82, 2.24) is 19.4 Å². The number of furan rings is 1. The van der Waals surface area contributed by atoms with Gasteiger partial charge in [0.2, 0.25) is 17.6 Å². The topological polar surface area (TPSA) is 94.2 Å². The van der Waals surface area contributed by atoms with E-state index in [1.54, 1.807) is 27.6 Å². The Balaban J connectivity index is 1.01. The lowest BCUT2D eigenvalue weighted by Gasteiger charge is -2.36. The molecular weight excluding hydrogens is 630 g/mol. The van der Waals surface area contributed by atoms with Crippen LogP contribution < -0.4 is 19.5 Å². The number of carbonyl (C=O) groups is 1. The number of piperidine rings is 1. The van der Waals surface area contributed by atoms with E-state index in [-0.39, 0.29) is 11.3 Å². The first kappa shape index (κ1) is 33.5. The van der Waals surface area contributed by atoms with Crippen molar-refractivity contribution >= 4 is 22.9 Å². The Bertz CT molecular complexity index is 1860. The molecule has 0 spiro atoms. The van der Waals surface area contributed by atoms with Gasteiger partial charge < -0.3 is 38.3 Å². The molecule has 0 saturated carbocycles. The fourth-order valence-electron chi connectivity index (χ4n) is 7.76. The van der Waals surface area contributed by atoms with E-state index in [0.29, 0.717) is 49.3 Å². The maximum Gasteiger partial charge on any atom is 0.223 e. The Labute approximate surface area is 293 Å². The lowest BCUT2D eigenvalue weighted by Crippen LogP contribution is -2.42. The smallest absolute Gasteiger partial charge is 0.223 e. The van der Waals surface area contributed by atoms with E-state index in [9.17, 15) is 4.79 Å². The van der Waals surface area contributed by atoms with E-state index in [1.807, 2.05) is 35.2 Å². The zero-order valence-electron chi connectivity index (χ0n) is 29.3. The summed E-state index contributed by atoms with van der Waals surface area (Å²) >= 11 is 0. The first-order chi connectivity index (χ1) is 24.5. The van der Waals surface area contributed by atoms with Crippen LogP contribution in [-0.4, -0.2) is 78.8 Å². The second-order valence-corrected chi connectivity index (χ2v) is 13.7. The van der Waals surface area contributed by atoms with E-state index in [4.69, 9.17) is 23.6 Å². The number of carbonyl (C=O) groups excluding carboxylic acids is 1. The average Bonchev–Trinajstić information content (AvgIpc) is 3.86. The van der Waals surface area contributed by atoms with Gasteiger partial charge in [0, 0.05) is 44.1 Å². The van der Waals surface area contributed by atoms with E-state index >= 15 is 0 Å². The van der Waals surface area contributed by atoms with Crippen molar-refractivity contribution in [3.8, 4) is 17.2 Å². The van der Waals surface area contributed by atoms with Gasteiger partial charge in [0.05, 0.1) is 45.2 Å². The summed E-state index contributed by atoms with van der Waals surface area (Å²) in [6.07, 6.45) is 6.14. The molecule has 262 valence electrons. The number of ether oxygens (including phenoxy) is 3. The van der Waals surface area contributed by atoms with E-state index in [1.165, 1.54) is 5.56 Å².